The summed E-state index contributed by atoms with van der Waals surface area (Å²) in [6.45, 7) is 3.28. The molecule has 3 rings (SSSR count). The molecule has 0 spiro atoms. The Labute approximate surface area is 119 Å². The van der Waals surface area contributed by atoms with Crippen molar-refractivity contribution < 1.29 is 0 Å². The van der Waals surface area contributed by atoms with Crippen LogP contribution in [0.4, 0.5) is 0 Å². The molecule has 1 heterocycles. The standard InChI is InChI=1S/C15H21N5/c1-12(11-16-13-6-5-7-13)10-15-17-18-19-20(15)14-8-3-2-4-9-14/h2-4,8-9,12-13,16H,5-7,10-11H2,1H3. The second-order valence-corrected chi connectivity index (χ2v) is 5.69. The van der Waals surface area contributed by atoms with Gasteiger partial charge in [0.05, 0.1) is 5.69 Å². The topological polar surface area (TPSA) is 55.6 Å². The number of aromatic nitrogens is 4. The fraction of sp³-hybridized carbons (Fsp3) is 0.533. The number of rotatable bonds is 6. The average Bonchev–Trinajstić information content (AvgIpc) is 2.86. The van der Waals surface area contributed by atoms with Crippen molar-refractivity contribution in [1.29, 1.82) is 0 Å². The Hall–Kier alpha value is -1.75. The molecule has 1 fully saturated rings. The lowest BCUT2D eigenvalue weighted by molar-refractivity contribution is 0.319. The van der Waals surface area contributed by atoms with Crippen LogP contribution in [0.3, 0.4) is 0 Å². The minimum Gasteiger partial charge on any atom is -0.314 e. The number of nitrogens with zero attached hydrogens (tertiary/aromatic N) is 4. The van der Waals surface area contributed by atoms with E-state index in [2.05, 4.69) is 27.8 Å². The highest BCUT2D eigenvalue weighted by atomic mass is 15.5. The monoisotopic (exact) mass is 271 g/mol. The highest BCUT2D eigenvalue weighted by molar-refractivity contribution is 5.30. The molecule has 0 bridgehead atoms. The SMILES string of the molecule is CC(CNC1CCC1)Cc1nnnn1-c1ccccc1. The van der Waals surface area contributed by atoms with Crippen LogP contribution in [0.25, 0.3) is 5.69 Å². The van der Waals surface area contributed by atoms with Crippen LogP contribution in [0.1, 0.15) is 32.0 Å². The maximum atomic E-state index is 4.17. The molecule has 0 amide bonds. The Bertz CT molecular complexity index is 532. The Morgan fingerprint density at radius 3 is 2.80 bits per heavy atom. The summed E-state index contributed by atoms with van der Waals surface area (Å²) >= 11 is 0. The Morgan fingerprint density at radius 2 is 2.10 bits per heavy atom. The van der Waals surface area contributed by atoms with Gasteiger partial charge >= 0.3 is 0 Å². The molecule has 1 saturated carbocycles. The van der Waals surface area contributed by atoms with Gasteiger partial charge in [0.25, 0.3) is 0 Å². The quantitative estimate of drug-likeness (QED) is 0.873. The van der Waals surface area contributed by atoms with Crippen molar-refractivity contribution in [2.75, 3.05) is 6.54 Å². The molecule has 5 heteroatoms. The van der Waals surface area contributed by atoms with E-state index in [0.29, 0.717) is 5.92 Å². The van der Waals surface area contributed by atoms with E-state index in [1.165, 1.54) is 19.3 Å². The summed E-state index contributed by atoms with van der Waals surface area (Å²) in [5.74, 6) is 1.46. The first kappa shape index (κ1) is 13.2. The van der Waals surface area contributed by atoms with Gasteiger partial charge < -0.3 is 5.32 Å². The second kappa shape index (κ2) is 6.13. The van der Waals surface area contributed by atoms with E-state index in [1.54, 1.807) is 0 Å². The van der Waals surface area contributed by atoms with Gasteiger partial charge in [-0.25, -0.2) is 0 Å². The molecular formula is C15H21N5. The molecule has 1 unspecified atom stereocenters. The van der Waals surface area contributed by atoms with E-state index < -0.39 is 0 Å². The van der Waals surface area contributed by atoms with E-state index in [0.717, 1.165) is 30.5 Å². The molecule has 1 N–H and O–H groups in total. The summed E-state index contributed by atoms with van der Waals surface area (Å²) in [6.07, 6.45) is 4.92. The van der Waals surface area contributed by atoms with Crippen LogP contribution in [0.15, 0.2) is 30.3 Å². The number of para-hydroxylation sites is 1. The molecule has 1 aliphatic rings. The van der Waals surface area contributed by atoms with Gasteiger partial charge in [-0.05, 0) is 47.9 Å². The first-order valence-corrected chi connectivity index (χ1v) is 7.39. The molecule has 5 nitrogen and oxygen atoms in total. The van der Waals surface area contributed by atoms with Crippen LogP contribution >= 0.6 is 0 Å². The van der Waals surface area contributed by atoms with Crippen LogP contribution in [0.5, 0.6) is 0 Å². The molecular weight excluding hydrogens is 250 g/mol. The van der Waals surface area contributed by atoms with Gasteiger partial charge in [0, 0.05) is 12.5 Å². The first-order chi connectivity index (χ1) is 9.83. The van der Waals surface area contributed by atoms with Crippen LogP contribution in [-0.4, -0.2) is 32.8 Å². The third kappa shape index (κ3) is 3.04. The van der Waals surface area contributed by atoms with E-state index in [4.69, 9.17) is 0 Å². The summed E-state index contributed by atoms with van der Waals surface area (Å²) in [6, 6.07) is 10.8. The van der Waals surface area contributed by atoms with E-state index in [9.17, 15) is 0 Å². The lowest BCUT2D eigenvalue weighted by atomic mass is 9.92. The number of nitrogens with one attached hydrogen (secondary N) is 1. The summed E-state index contributed by atoms with van der Waals surface area (Å²) in [5.41, 5.74) is 1.02. The third-order valence-electron chi connectivity index (χ3n) is 3.93. The van der Waals surface area contributed by atoms with Crippen LogP contribution in [-0.2, 0) is 6.42 Å². The maximum absolute atomic E-state index is 4.17. The molecule has 106 valence electrons. The normalized spacial score (nSPS) is 16.9. The maximum Gasteiger partial charge on any atom is 0.157 e. The van der Waals surface area contributed by atoms with Gasteiger partial charge in [-0.3, -0.25) is 0 Å². The lowest BCUT2D eigenvalue weighted by Crippen LogP contribution is -2.38. The zero-order valence-corrected chi connectivity index (χ0v) is 11.9. The number of hydrogen-bond donors (Lipinski definition) is 1. The molecule has 1 aromatic carbocycles. The zero-order chi connectivity index (χ0) is 13.8. The van der Waals surface area contributed by atoms with Crippen molar-refractivity contribution in [1.82, 2.24) is 25.5 Å². The van der Waals surface area contributed by atoms with Gasteiger partial charge in [0.2, 0.25) is 0 Å². The molecule has 1 aliphatic carbocycles. The highest BCUT2D eigenvalue weighted by Crippen LogP contribution is 2.18. The Morgan fingerprint density at radius 1 is 1.30 bits per heavy atom. The fourth-order valence-corrected chi connectivity index (χ4v) is 2.47. The largest absolute Gasteiger partial charge is 0.314 e. The minimum atomic E-state index is 0.532. The van der Waals surface area contributed by atoms with Crippen LogP contribution in [0, 0.1) is 5.92 Å². The minimum absolute atomic E-state index is 0.532. The Balaban J connectivity index is 1.61. The van der Waals surface area contributed by atoms with Gasteiger partial charge in [-0.15, -0.1) is 5.10 Å². The van der Waals surface area contributed by atoms with Gasteiger partial charge in [0.15, 0.2) is 5.82 Å². The third-order valence-corrected chi connectivity index (χ3v) is 3.93. The molecule has 20 heavy (non-hydrogen) atoms. The number of tetrazole rings is 1. The number of hydrogen-bond acceptors (Lipinski definition) is 4. The fourth-order valence-electron chi connectivity index (χ4n) is 2.47. The predicted octanol–water partition coefficient (Wildman–Crippen LogP) is 1.98. The molecule has 1 atom stereocenters. The van der Waals surface area contributed by atoms with Crippen molar-refractivity contribution in [3.8, 4) is 5.69 Å². The van der Waals surface area contributed by atoms with Crippen LogP contribution in [0.2, 0.25) is 0 Å². The smallest absolute Gasteiger partial charge is 0.157 e. The summed E-state index contributed by atoms with van der Waals surface area (Å²) in [7, 11) is 0. The summed E-state index contributed by atoms with van der Waals surface area (Å²) in [4.78, 5) is 0. The zero-order valence-electron chi connectivity index (χ0n) is 11.9. The van der Waals surface area contributed by atoms with Gasteiger partial charge in [-0.2, -0.15) is 4.68 Å². The molecule has 0 aliphatic heterocycles. The van der Waals surface area contributed by atoms with E-state index >= 15 is 0 Å². The lowest BCUT2D eigenvalue weighted by Gasteiger charge is -2.27. The van der Waals surface area contributed by atoms with Crippen molar-refractivity contribution in [3.63, 3.8) is 0 Å². The van der Waals surface area contributed by atoms with Crippen molar-refractivity contribution in [3.05, 3.63) is 36.2 Å². The summed E-state index contributed by atoms with van der Waals surface area (Å²) in [5, 5.41) is 15.7. The summed E-state index contributed by atoms with van der Waals surface area (Å²) < 4.78 is 1.83. The van der Waals surface area contributed by atoms with Gasteiger partial charge in [-0.1, -0.05) is 31.5 Å². The van der Waals surface area contributed by atoms with Gasteiger partial charge in [0.1, 0.15) is 0 Å². The molecule has 0 saturated heterocycles. The van der Waals surface area contributed by atoms with Crippen LogP contribution < -0.4 is 5.32 Å². The first-order valence-electron chi connectivity index (χ1n) is 7.39. The molecule has 0 radical (unpaired) electrons. The van der Waals surface area contributed by atoms with E-state index in [-0.39, 0.29) is 0 Å². The second-order valence-electron chi connectivity index (χ2n) is 5.69. The van der Waals surface area contributed by atoms with Crippen molar-refractivity contribution in [2.24, 2.45) is 5.92 Å². The van der Waals surface area contributed by atoms with Crippen molar-refractivity contribution in [2.45, 2.75) is 38.6 Å². The molecule has 1 aromatic heterocycles. The van der Waals surface area contributed by atoms with Crippen molar-refractivity contribution >= 4 is 0 Å². The molecule has 2 aromatic rings. The highest BCUT2D eigenvalue weighted by Gasteiger charge is 2.18. The Kier molecular flexibility index (Phi) is 4.06. The number of benzene rings is 1. The predicted molar refractivity (Wildman–Crippen MR) is 77.7 cm³/mol. The van der Waals surface area contributed by atoms with E-state index in [1.807, 2.05) is 35.0 Å². The average molecular weight is 271 g/mol.